The van der Waals surface area contributed by atoms with Crippen LogP contribution in [-0.2, 0) is 28.5 Å². The zero-order valence-corrected chi connectivity index (χ0v) is 18.0. The van der Waals surface area contributed by atoms with Gasteiger partial charge in [0.25, 0.3) is 0 Å². The second-order valence-corrected chi connectivity index (χ2v) is 6.40. The third-order valence-electron chi connectivity index (χ3n) is 4.70. The van der Waals surface area contributed by atoms with Gasteiger partial charge in [-0.3, -0.25) is 0 Å². The Bertz CT molecular complexity index is 623. The zero-order chi connectivity index (χ0) is 21.0. The Labute approximate surface area is 188 Å². The van der Waals surface area contributed by atoms with E-state index in [9.17, 15) is 35.1 Å². The molecule has 2 aliphatic rings. The van der Waals surface area contributed by atoms with Crippen molar-refractivity contribution >= 4 is 11.9 Å². The van der Waals surface area contributed by atoms with Crippen LogP contribution in [-0.4, -0.2) is 83.1 Å². The first-order valence-corrected chi connectivity index (χ1v) is 8.47. The van der Waals surface area contributed by atoms with Gasteiger partial charge in [0.2, 0.25) is 6.29 Å². The van der Waals surface area contributed by atoms with Crippen LogP contribution in [0.25, 0.3) is 0 Å². The molecule has 12 heteroatoms. The van der Waals surface area contributed by atoms with Crippen LogP contribution in [0.3, 0.4) is 0 Å². The molecule has 0 aromatic heterocycles. The quantitative estimate of drug-likeness (QED) is 0.173. The van der Waals surface area contributed by atoms with Crippen molar-refractivity contribution in [2.75, 3.05) is 13.7 Å². The minimum absolute atomic E-state index is 0. The van der Waals surface area contributed by atoms with Gasteiger partial charge in [0, 0.05) is 17.8 Å². The maximum atomic E-state index is 11.9. The third-order valence-corrected chi connectivity index (χ3v) is 4.70. The molecule has 0 aliphatic carbocycles. The standard InChI is InChI=1S/C17H24O11.Na/c1-3-7-8(4-11(19)20)9(15(24)25-2)6-26-16(7)28-17-14(23)13(22)12(21)10(5-18)27-17;/h3,6-8,10,12-14,16-18,21-23H,1,4-5H2,2H3,(H,19,20);/q;+1/p-1/t7-,8+,10-,12-,13+,14-,16+,17+;/m1./s1. The zero-order valence-electron chi connectivity index (χ0n) is 16.0. The Morgan fingerprint density at radius 2 is 1.90 bits per heavy atom. The minimum Gasteiger partial charge on any atom is -0.550 e. The number of ether oxygens (including phenoxy) is 4. The summed E-state index contributed by atoms with van der Waals surface area (Å²) in [5, 5.41) is 50.1. The van der Waals surface area contributed by atoms with Crippen molar-refractivity contribution in [3.05, 3.63) is 24.5 Å². The Kier molecular flexibility index (Phi) is 10.2. The van der Waals surface area contributed by atoms with E-state index in [2.05, 4.69) is 11.3 Å². The number of carboxylic acids is 1. The van der Waals surface area contributed by atoms with Crippen molar-refractivity contribution in [1.82, 2.24) is 0 Å². The summed E-state index contributed by atoms with van der Waals surface area (Å²) < 4.78 is 20.7. The molecule has 0 aromatic rings. The average Bonchev–Trinajstić information content (AvgIpc) is 2.67. The van der Waals surface area contributed by atoms with E-state index in [1.807, 2.05) is 0 Å². The number of hydrogen-bond donors (Lipinski definition) is 4. The third kappa shape index (κ3) is 5.78. The number of rotatable bonds is 7. The Balaban J connectivity index is 0.00000420. The van der Waals surface area contributed by atoms with Crippen LogP contribution in [0.1, 0.15) is 6.42 Å². The normalized spacial score (nSPS) is 36.8. The van der Waals surface area contributed by atoms with Crippen molar-refractivity contribution in [3.63, 3.8) is 0 Å². The molecule has 1 saturated heterocycles. The molecular formula is C17H23NaO11. The number of methoxy groups -OCH3 is 1. The van der Waals surface area contributed by atoms with Gasteiger partial charge in [-0.05, 0) is 6.42 Å². The number of hydrogen-bond acceptors (Lipinski definition) is 11. The van der Waals surface area contributed by atoms with Crippen molar-refractivity contribution in [2.24, 2.45) is 11.8 Å². The summed E-state index contributed by atoms with van der Waals surface area (Å²) in [4.78, 5) is 23.1. The summed E-state index contributed by atoms with van der Waals surface area (Å²) in [7, 11) is 1.12. The minimum atomic E-state index is -1.68. The fraction of sp³-hybridized carbons (Fsp3) is 0.647. The molecule has 0 radical (unpaired) electrons. The van der Waals surface area contributed by atoms with Crippen molar-refractivity contribution in [3.8, 4) is 0 Å². The van der Waals surface area contributed by atoms with E-state index in [1.54, 1.807) is 0 Å². The van der Waals surface area contributed by atoms with Crippen LogP contribution in [0, 0.1) is 11.8 Å². The van der Waals surface area contributed by atoms with E-state index in [4.69, 9.17) is 14.2 Å². The van der Waals surface area contributed by atoms with Crippen molar-refractivity contribution < 1.29 is 83.6 Å². The molecular weight excluding hydrogens is 403 g/mol. The smallest absolute Gasteiger partial charge is 0.550 e. The summed E-state index contributed by atoms with van der Waals surface area (Å²) in [6.07, 6.45) is -7.16. The van der Waals surface area contributed by atoms with Gasteiger partial charge in [0.15, 0.2) is 6.29 Å². The molecule has 158 valence electrons. The topological polar surface area (TPSA) is 175 Å². The first-order chi connectivity index (χ1) is 13.2. The van der Waals surface area contributed by atoms with Crippen LogP contribution < -0.4 is 34.7 Å². The van der Waals surface area contributed by atoms with Crippen LogP contribution in [0.2, 0.25) is 0 Å². The van der Waals surface area contributed by atoms with Gasteiger partial charge in [-0.2, -0.15) is 0 Å². The number of aliphatic hydroxyl groups excluding tert-OH is 4. The maximum Gasteiger partial charge on any atom is 1.00 e. The van der Waals surface area contributed by atoms with Crippen LogP contribution >= 0.6 is 0 Å². The molecule has 11 nitrogen and oxygen atoms in total. The molecule has 2 rings (SSSR count). The molecule has 0 saturated carbocycles. The largest absolute Gasteiger partial charge is 1.00 e. The van der Waals surface area contributed by atoms with E-state index in [0.717, 1.165) is 13.4 Å². The average molecular weight is 426 g/mol. The van der Waals surface area contributed by atoms with E-state index < -0.39 is 73.8 Å². The second kappa shape index (κ2) is 11.4. The molecule has 0 unspecified atom stereocenters. The summed E-state index contributed by atoms with van der Waals surface area (Å²) >= 11 is 0. The fourth-order valence-corrected chi connectivity index (χ4v) is 3.17. The van der Waals surface area contributed by atoms with Gasteiger partial charge in [-0.1, -0.05) is 6.08 Å². The van der Waals surface area contributed by atoms with Gasteiger partial charge in [0.1, 0.15) is 24.4 Å². The molecule has 1 fully saturated rings. The van der Waals surface area contributed by atoms with Gasteiger partial charge >= 0.3 is 35.5 Å². The number of carbonyl (C=O) groups is 2. The predicted molar refractivity (Wildman–Crippen MR) is 86.6 cm³/mol. The first kappa shape index (κ1) is 26.0. The SMILES string of the molecule is C=C[C@H]1[C@H](O[C@@H]2O[C@H](CO)[C@@H](O)[C@H](O)[C@H]2O)OC=C(C(=O)OC)[C@H]1CC(=O)[O-].[Na+]. The van der Waals surface area contributed by atoms with Crippen LogP contribution in [0.5, 0.6) is 0 Å². The molecule has 0 bridgehead atoms. The van der Waals surface area contributed by atoms with Crippen LogP contribution in [0.4, 0.5) is 0 Å². The molecule has 0 spiro atoms. The molecule has 2 heterocycles. The van der Waals surface area contributed by atoms with Crippen molar-refractivity contribution in [1.29, 1.82) is 0 Å². The number of carbonyl (C=O) groups excluding carboxylic acids is 2. The molecule has 29 heavy (non-hydrogen) atoms. The molecule has 4 N–H and O–H groups in total. The summed E-state index contributed by atoms with van der Waals surface area (Å²) in [6.45, 7) is 2.94. The van der Waals surface area contributed by atoms with Gasteiger partial charge in [-0.25, -0.2) is 4.79 Å². The monoisotopic (exact) mass is 426 g/mol. The molecule has 2 aliphatic heterocycles. The summed E-state index contributed by atoms with van der Waals surface area (Å²) in [6, 6.07) is 0. The predicted octanol–water partition coefficient (Wildman–Crippen LogP) is -6.22. The summed E-state index contributed by atoms with van der Waals surface area (Å²) in [5.41, 5.74) is -0.0646. The maximum absolute atomic E-state index is 11.9. The molecule has 8 atom stereocenters. The number of carboxylic acid groups (broad SMARTS) is 1. The summed E-state index contributed by atoms with van der Waals surface area (Å²) in [5.74, 6) is -4.08. The fourth-order valence-electron chi connectivity index (χ4n) is 3.17. The Hall–Kier alpha value is -1.02. The van der Waals surface area contributed by atoms with E-state index in [1.165, 1.54) is 6.08 Å². The van der Waals surface area contributed by atoms with Gasteiger partial charge < -0.3 is 49.3 Å². The first-order valence-electron chi connectivity index (χ1n) is 8.47. The number of aliphatic hydroxyl groups is 4. The number of aliphatic carboxylic acids is 1. The van der Waals surface area contributed by atoms with Gasteiger partial charge in [-0.15, -0.1) is 6.58 Å². The molecule has 0 aromatic carbocycles. The van der Waals surface area contributed by atoms with Crippen LogP contribution in [0.15, 0.2) is 24.5 Å². The Morgan fingerprint density at radius 1 is 1.24 bits per heavy atom. The van der Waals surface area contributed by atoms with E-state index >= 15 is 0 Å². The van der Waals surface area contributed by atoms with E-state index in [0.29, 0.717) is 0 Å². The van der Waals surface area contributed by atoms with Crippen molar-refractivity contribution in [2.45, 2.75) is 43.4 Å². The molecule has 0 amide bonds. The van der Waals surface area contributed by atoms with E-state index in [-0.39, 0.29) is 35.1 Å². The second-order valence-electron chi connectivity index (χ2n) is 6.40. The van der Waals surface area contributed by atoms with Gasteiger partial charge in [0.05, 0.1) is 25.6 Å². The number of esters is 1. The Morgan fingerprint density at radius 3 is 2.41 bits per heavy atom.